The summed E-state index contributed by atoms with van der Waals surface area (Å²) >= 11 is 0. The minimum atomic E-state index is -0.533. The van der Waals surface area contributed by atoms with E-state index < -0.39 is 5.82 Å². The number of benzene rings is 1. The number of carbonyl (C=O) groups is 1. The number of halogens is 1. The highest BCUT2D eigenvalue weighted by Crippen LogP contribution is 2.32. The summed E-state index contributed by atoms with van der Waals surface area (Å²) in [5, 5.41) is 0. The zero-order valence-electron chi connectivity index (χ0n) is 10.8. The van der Waals surface area contributed by atoms with Crippen LogP contribution in [0.15, 0.2) is 49.1 Å². The molecule has 0 bridgehead atoms. The molecule has 21 heavy (non-hydrogen) atoms. The summed E-state index contributed by atoms with van der Waals surface area (Å²) in [6, 6.07) is 5.87. The van der Waals surface area contributed by atoms with E-state index in [1.807, 2.05) is 0 Å². The molecular weight excluding hydrogens is 271 g/mol. The average molecular weight is 280 g/mol. The Morgan fingerprint density at radius 1 is 0.810 bits per heavy atom. The van der Waals surface area contributed by atoms with E-state index in [9.17, 15) is 9.18 Å². The van der Waals surface area contributed by atoms with Crippen LogP contribution in [-0.2, 0) is 0 Å². The van der Waals surface area contributed by atoms with Crippen LogP contribution in [0, 0.1) is 5.82 Å². The average Bonchev–Trinajstić information content (AvgIpc) is 2.56. The van der Waals surface area contributed by atoms with Crippen LogP contribution in [0.3, 0.4) is 0 Å². The van der Waals surface area contributed by atoms with Gasteiger partial charge in [-0.2, -0.15) is 0 Å². The monoisotopic (exact) mass is 280 g/mol. The van der Waals surface area contributed by atoms with E-state index in [-0.39, 0.29) is 28.3 Å². The molecule has 0 unspecified atom stereocenters. The Kier molecular flexibility index (Phi) is 3.42. The molecule has 3 rings (SSSR count). The van der Waals surface area contributed by atoms with E-state index in [4.69, 9.17) is 0 Å². The van der Waals surface area contributed by atoms with Gasteiger partial charge in [-0.15, -0.1) is 0 Å². The number of nitrogens with zero attached hydrogens (tertiary/aromatic N) is 4. The first-order valence-corrected chi connectivity index (χ1v) is 6.13. The standard InChI is InChI=1S/C15H9FN4O/c16-11-4-3-10(9-21)12(14-17-5-1-6-18-14)13(11)15-19-7-2-8-20-15/h1-9H. The Bertz CT molecular complexity index is 778. The van der Waals surface area contributed by atoms with Crippen LogP contribution in [0.25, 0.3) is 22.8 Å². The molecule has 3 aromatic rings. The molecule has 0 aliphatic carbocycles. The van der Waals surface area contributed by atoms with Crippen LogP contribution in [-0.4, -0.2) is 26.2 Å². The summed E-state index contributed by atoms with van der Waals surface area (Å²) in [5.41, 5.74) is 0.688. The van der Waals surface area contributed by atoms with E-state index in [1.54, 1.807) is 12.1 Å². The maximum absolute atomic E-state index is 14.3. The number of carbonyl (C=O) groups excluding carboxylic acids is 1. The molecule has 0 saturated heterocycles. The van der Waals surface area contributed by atoms with Crippen LogP contribution in [0.5, 0.6) is 0 Å². The Hall–Kier alpha value is -3.02. The van der Waals surface area contributed by atoms with Crippen molar-refractivity contribution in [2.24, 2.45) is 0 Å². The van der Waals surface area contributed by atoms with Crippen LogP contribution in [0.1, 0.15) is 10.4 Å². The lowest BCUT2D eigenvalue weighted by atomic mass is 9.99. The Morgan fingerprint density at radius 3 is 1.86 bits per heavy atom. The first kappa shape index (κ1) is 13.0. The van der Waals surface area contributed by atoms with Crippen molar-refractivity contribution in [3.8, 4) is 22.8 Å². The summed E-state index contributed by atoms with van der Waals surface area (Å²) in [5.74, 6) is -0.100. The molecule has 2 aromatic heterocycles. The molecule has 2 heterocycles. The molecule has 5 nitrogen and oxygen atoms in total. The van der Waals surface area contributed by atoms with Gasteiger partial charge in [0.05, 0.1) is 5.56 Å². The normalized spacial score (nSPS) is 10.3. The van der Waals surface area contributed by atoms with Crippen molar-refractivity contribution in [1.82, 2.24) is 19.9 Å². The quantitative estimate of drug-likeness (QED) is 0.690. The van der Waals surface area contributed by atoms with Gasteiger partial charge in [0, 0.05) is 35.9 Å². The number of aromatic nitrogens is 4. The number of rotatable bonds is 3. The van der Waals surface area contributed by atoms with Crippen LogP contribution in [0.2, 0.25) is 0 Å². The van der Waals surface area contributed by atoms with Crippen molar-refractivity contribution in [3.63, 3.8) is 0 Å². The van der Waals surface area contributed by atoms with Crippen molar-refractivity contribution in [3.05, 3.63) is 60.4 Å². The topological polar surface area (TPSA) is 68.6 Å². The molecular formula is C15H9FN4O. The molecule has 0 radical (unpaired) electrons. The minimum absolute atomic E-state index is 0.117. The number of aldehydes is 1. The smallest absolute Gasteiger partial charge is 0.162 e. The third kappa shape index (κ3) is 2.38. The van der Waals surface area contributed by atoms with Crippen molar-refractivity contribution in [1.29, 1.82) is 0 Å². The summed E-state index contributed by atoms with van der Waals surface area (Å²) in [6.45, 7) is 0. The Labute approximate surface area is 119 Å². The van der Waals surface area contributed by atoms with Gasteiger partial charge in [-0.3, -0.25) is 4.79 Å². The van der Waals surface area contributed by atoms with E-state index >= 15 is 0 Å². The Morgan fingerprint density at radius 2 is 1.33 bits per heavy atom. The van der Waals surface area contributed by atoms with Crippen molar-refractivity contribution >= 4 is 6.29 Å². The van der Waals surface area contributed by atoms with Crippen LogP contribution < -0.4 is 0 Å². The zero-order chi connectivity index (χ0) is 14.7. The summed E-state index contributed by atoms with van der Waals surface area (Å²) in [4.78, 5) is 27.6. The van der Waals surface area contributed by atoms with E-state index in [2.05, 4.69) is 19.9 Å². The molecule has 0 amide bonds. The lowest BCUT2D eigenvalue weighted by Crippen LogP contribution is -2.01. The second kappa shape index (κ2) is 5.54. The highest BCUT2D eigenvalue weighted by molar-refractivity contribution is 5.93. The maximum Gasteiger partial charge on any atom is 0.162 e. The van der Waals surface area contributed by atoms with Crippen LogP contribution in [0.4, 0.5) is 4.39 Å². The van der Waals surface area contributed by atoms with Gasteiger partial charge >= 0.3 is 0 Å². The minimum Gasteiger partial charge on any atom is -0.298 e. The summed E-state index contributed by atoms with van der Waals surface area (Å²) in [6.07, 6.45) is 6.70. The first-order valence-electron chi connectivity index (χ1n) is 6.13. The van der Waals surface area contributed by atoms with Gasteiger partial charge in [-0.05, 0) is 24.3 Å². The third-order valence-electron chi connectivity index (χ3n) is 2.89. The van der Waals surface area contributed by atoms with Crippen LogP contribution >= 0.6 is 0 Å². The van der Waals surface area contributed by atoms with Gasteiger partial charge in [0.1, 0.15) is 5.82 Å². The predicted molar refractivity (Wildman–Crippen MR) is 73.8 cm³/mol. The Balaban J connectivity index is 2.36. The highest BCUT2D eigenvalue weighted by Gasteiger charge is 2.20. The van der Waals surface area contributed by atoms with Crippen molar-refractivity contribution in [2.45, 2.75) is 0 Å². The summed E-state index contributed by atoms with van der Waals surface area (Å²) < 4.78 is 14.3. The number of hydrogen-bond acceptors (Lipinski definition) is 5. The largest absolute Gasteiger partial charge is 0.298 e. The first-order chi connectivity index (χ1) is 10.3. The van der Waals surface area contributed by atoms with Gasteiger partial charge in [-0.25, -0.2) is 24.3 Å². The maximum atomic E-state index is 14.3. The molecule has 1 aromatic carbocycles. The van der Waals surface area contributed by atoms with E-state index in [0.29, 0.717) is 6.29 Å². The highest BCUT2D eigenvalue weighted by atomic mass is 19.1. The molecule has 6 heteroatoms. The van der Waals surface area contributed by atoms with Gasteiger partial charge in [0.2, 0.25) is 0 Å². The second-order valence-corrected chi connectivity index (χ2v) is 4.15. The van der Waals surface area contributed by atoms with E-state index in [1.165, 1.54) is 36.9 Å². The van der Waals surface area contributed by atoms with Crippen molar-refractivity contribution < 1.29 is 9.18 Å². The lowest BCUT2D eigenvalue weighted by molar-refractivity contribution is 0.112. The van der Waals surface area contributed by atoms with Gasteiger partial charge < -0.3 is 0 Å². The molecule has 0 atom stereocenters. The molecule has 0 N–H and O–H groups in total. The zero-order valence-corrected chi connectivity index (χ0v) is 10.8. The fourth-order valence-electron chi connectivity index (χ4n) is 2.01. The second-order valence-electron chi connectivity index (χ2n) is 4.15. The van der Waals surface area contributed by atoms with Gasteiger partial charge in [0.25, 0.3) is 0 Å². The fraction of sp³-hybridized carbons (Fsp3) is 0. The fourth-order valence-corrected chi connectivity index (χ4v) is 2.01. The lowest BCUT2D eigenvalue weighted by Gasteiger charge is -2.10. The molecule has 0 spiro atoms. The predicted octanol–water partition coefficient (Wildman–Crippen LogP) is 2.55. The SMILES string of the molecule is O=Cc1ccc(F)c(-c2ncccn2)c1-c1ncccn1. The van der Waals surface area contributed by atoms with Crippen molar-refractivity contribution in [2.75, 3.05) is 0 Å². The molecule has 102 valence electrons. The van der Waals surface area contributed by atoms with Gasteiger partial charge in [-0.1, -0.05) is 0 Å². The third-order valence-corrected chi connectivity index (χ3v) is 2.89. The summed E-state index contributed by atoms with van der Waals surface area (Å²) in [7, 11) is 0. The molecule has 0 saturated carbocycles. The van der Waals surface area contributed by atoms with Gasteiger partial charge in [0.15, 0.2) is 17.9 Å². The molecule has 0 aliphatic rings. The number of hydrogen-bond donors (Lipinski definition) is 0. The molecule has 0 fully saturated rings. The molecule has 0 aliphatic heterocycles. The van der Waals surface area contributed by atoms with E-state index in [0.717, 1.165) is 0 Å².